The lowest BCUT2D eigenvalue weighted by molar-refractivity contribution is 0.0938. The van der Waals surface area contributed by atoms with Crippen molar-refractivity contribution in [3.05, 3.63) is 60.2 Å². The van der Waals surface area contributed by atoms with Gasteiger partial charge in [-0.1, -0.05) is 37.6 Å². The minimum Gasteiger partial charge on any atom is -0.350 e. The van der Waals surface area contributed by atoms with Crippen LogP contribution in [0.2, 0.25) is 0 Å². The molecule has 0 aliphatic rings. The van der Waals surface area contributed by atoms with Gasteiger partial charge < -0.3 is 5.32 Å². The van der Waals surface area contributed by atoms with Gasteiger partial charge in [-0.15, -0.1) is 0 Å². The van der Waals surface area contributed by atoms with Crippen LogP contribution in [0.15, 0.2) is 59.5 Å². The van der Waals surface area contributed by atoms with E-state index in [1.54, 1.807) is 36.4 Å². The van der Waals surface area contributed by atoms with Crippen LogP contribution in [0, 0.1) is 0 Å². The van der Waals surface area contributed by atoms with Gasteiger partial charge in [0, 0.05) is 18.7 Å². The summed E-state index contributed by atoms with van der Waals surface area (Å²) in [6.07, 6.45) is 1.85. The van der Waals surface area contributed by atoms with Crippen LogP contribution in [0.1, 0.15) is 37.0 Å². The fraction of sp³-hybridized carbons (Fsp3) is 0.316. The van der Waals surface area contributed by atoms with Crippen LogP contribution in [0.25, 0.3) is 0 Å². The summed E-state index contributed by atoms with van der Waals surface area (Å²) in [5.74, 6) is -0.264. The summed E-state index contributed by atoms with van der Waals surface area (Å²) in [6.45, 7) is 3.99. The molecule has 0 saturated carbocycles. The molecule has 1 amide bonds. The van der Waals surface area contributed by atoms with Crippen LogP contribution >= 0.6 is 0 Å². The molecule has 0 heterocycles. The van der Waals surface area contributed by atoms with E-state index in [1.165, 1.54) is 23.5 Å². The number of carbonyl (C=O) groups is 1. The van der Waals surface area contributed by atoms with Crippen LogP contribution in [-0.4, -0.2) is 27.4 Å². The molecule has 2 aromatic rings. The molecule has 1 atom stereocenters. The number of anilines is 1. The first-order valence-electron chi connectivity index (χ1n) is 8.31. The van der Waals surface area contributed by atoms with E-state index in [-0.39, 0.29) is 16.8 Å². The highest BCUT2D eigenvalue weighted by Crippen LogP contribution is 2.22. The fourth-order valence-electron chi connectivity index (χ4n) is 2.54. The van der Waals surface area contributed by atoms with Gasteiger partial charge in [0.05, 0.1) is 10.6 Å². The molecular weight excluding hydrogens is 336 g/mol. The summed E-state index contributed by atoms with van der Waals surface area (Å²) >= 11 is 0. The van der Waals surface area contributed by atoms with Crippen molar-refractivity contribution in [1.82, 2.24) is 5.32 Å². The van der Waals surface area contributed by atoms with Gasteiger partial charge in [-0.2, -0.15) is 0 Å². The zero-order valence-electron chi connectivity index (χ0n) is 14.8. The molecule has 0 radical (unpaired) electrons. The van der Waals surface area contributed by atoms with Gasteiger partial charge in [0.2, 0.25) is 0 Å². The summed E-state index contributed by atoms with van der Waals surface area (Å²) in [5, 5.41) is 2.89. The summed E-state index contributed by atoms with van der Waals surface area (Å²) in [7, 11) is -2.23. The molecule has 6 heteroatoms. The third-order valence-electron chi connectivity index (χ3n) is 3.97. The summed E-state index contributed by atoms with van der Waals surface area (Å²) in [6, 6.07) is 15.0. The third-order valence-corrected chi connectivity index (χ3v) is 5.76. The highest BCUT2D eigenvalue weighted by molar-refractivity contribution is 7.92. The van der Waals surface area contributed by atoms with Crippen molar-refractivity contribution in [3.63, 3.8) is 0 Å². The Balaban J connectivity index is 2.27. The second kappa shape index (κ2) is 8.16. The van der Waals surface area contributed by atoms with E-state index in [9.17, 15) is 13.2 Å². The molecule has 25 heavy (non-hydrogen) atoms. The van der Waals surface area contributed by atoms with E-state index in [0.29, 0.717) is 11.3 Å². The minimum absolute atomic E-state index is 0.0461. The molecule has 0 fully saturated rings. The van der Waals surface area contributed by atoms with E-state index in [4.69, 9.17) is 0 Å². The van der Waals surface area contributed by atoms with Crippen molar-refractivity contribution in [2.75, 3.05) is 11.4 Å². The average molecular weight is 360 g/mol. The zero-order valence-corrected chi connectivity index (χ0v) is 15.6. The number of hydrogen-bond acceptors (Lipinski definition) is 3. The van der Waals surface area contributed by atoms with Crippen LogP contribution in [0.3, 0.4) is 0 Å². The third kappa shape index (κ3) is 4.60. The van der Waals surface area contributed by atoms with E-state index >= 15 is 0 Å². The molecule has 0 aromatic heterocycles. The molecule has 2 aromatic carbocycles. The molecule has 2 rings (SSSR count). The molecule has 1 N–H and O–H groups in total. The lowest BCUT2D eigenvalue weighted by atomic mass is 10.1. The highest BCUT2D eigenvalue weighted by atomic mass is 32.2. The first kappa shape index (κ1) is 19.0. The van der Waals surface area contributed by atoms with E-state index in [1.807, 2.05) is 13.0 Å². The van der Waals surface area contributed by atoms with E-state index < -0.39 is 10.0 Å². The monoisotopic (exact) mass is 360 g/mol. The normalized spacial score (nSPS) is 12.4. The maximum Gasteiger partial charge on any atom is 0.264 e. The summed E-state index contributed by atoms with van der Waals surface area (Å²) in [5.41, 5.74) is 0.902. The largest absolute Gasteiger partial charge is 0.350 e. The standard InChI is InChI=1S/C19H24N2O3S/c1-4-9-15(2)20-19(22)16-10-8-13-18(14-16)25(23,24)21(3)17-11-6-5-7-12-17/h5-8,10-15H,4,9H2,1-3H3,(H,20,22). The van der Waals surface area contributed by atoms with E-state index in [2.05, 4.69) is 12.2 Å². The molecular formula is C19H24N2O3S. The zero-order chi connectivity index (χ0) is 18.4. The van der Waals surface area contributed by atoms with Crippen LogP contribution in [0.4, 0.5) is 5.69 Å². The summed E-state index contributed by atoms with van der Waals surface area (Å²) in [4.78, 5) is 12.4. The Morgan fingerprint density at radius 2 is 1.80 bits per heavy atom. The quantitative estimate of drug-likeness (QED) is 0.822. The van der Waals surface area contributed by atoms with Gasteiger partial charge in [-0.3, -0.25) is 9.10 Å². The Morgan fingerprint density at radius 3 is 2.44 bits per heavy atom. The Bertz CT molecular complexity index is 820. The number of nitrogens with one attached hydrogen (secondary N) is 1. The van der Waals surface area contributed by atoms with Crippen molar-refractivity contribution < 1.29 is 13.2 Å². The first-order chi connectivity index (χ1) is 11.9. The molecule has 0 aliphatic carbocycles. The van der Waals surface area contributed by atoms with Crippen molar-refractivity contribution in [1.29, 1.82) is 0 Å². The maximum atomic E-state index is 12.8. The van der Waals surface area contributed by atoms with Crippen LogP contribution in [-0.2, 0) is 10.0 Å². The number of rotatable bonds is 7. The first-order valence-corrected chi connectivity index (χ1v) is 9.75. The SMILES string of the molecule is CCCC(C)NC(=O)c1cccc(S(=O)(=O)N(C)c2ccccc2)c1. The Labute approximate surface area is 149 Å². The number of amides is 1. The molecule has 0 aliphatic heterocycles. The van der Waals surface area contributed by atoms with Crippen molar-refractivity contribution in [3.8, 4) is 0 Å². The lowest BCUT2D eigenvalue weighted by Crippen LogP contribution is -2.32. The Morgan fingerprint density at radius 1 is 1.12 bits per heavy atom. The van der Waals surface area contributed by atoms with Gasteiger partial charge in [-0.05, 0) is 43.7 Å². The maximum absolute atomic E-state index is 12.8. The second-order valence-electron chi connectivity index (χ2n) is 6.00. The molecule has 1 unspecified atom stereocenters. The van der Waals surface area contributed by atoms with Gasteiger partial charge in [0.1, 0.15) is 0 Å². The Kier molecular flexibility index (Phi) is 6.20. The Hall–Kier alpha value is -2.34. The molecule has 5 nitrogen and oxygen atoms in total. The number of nitrogens with zero attached hydrogens (tertiary/aromatic N) is 1. The smallest absolute Gasteiger partial charge is 0.264 e. The summed E-state index contributed by atoms with van der Waals surface area (Å²) < 4.78 is 26.9. The number of benzene rings is 2. The van der Waals surface area contributed by atoms with Crippen molar-refractivity contribution in [2.24, 2.45) is 0 Å². The number of carbonyl (C=O) groups excluding carboxylic acids is 1. The van der Waals surface area contributed by atoms with Gasteiger partial charge in [0.15, 0.2) is 0 Å². The number of hydrogen-bond donors (Lipinski definition) is 1. The topological polar surface area (TPSA) is 66.5 Å². The molecule has 0 spiro atoms. The highest BCUT2D eigenvalue weighted by Gasteiger charge is 2.22. The van der Waals surface area contributed by atoms with Gasteiger partial charge in [0.25, 0.3) is 15.9 Å². The van der Waals surface area contributed by atoms with Gasteiger partial charge >= 0.3 is 0 Å². The van der Waals surface area contributed by atoms with Crippen LogP contribution < -0.4 is 9.62 Å². The molecule has 134 valence electrons. The fourth-order valence-corrected chi connectivity index (χ4v) is 3.79. The second-order valence-corrected chi connectivity index (χ2v) is 7.97. The number of para-hydroxylation sites is 1. The predicted octanol–water partition coefficient (Wildman–Crippen LogP) is 3.43. The average Bonchev–Trinajstić information content (AvgIpc) is 2.62. The molecule has 0 saturated heterocycles. The molecule has 0 bridgehead atoms. The van der Waals surface area contributed by atoms with Crippen LogP contribution in [0.5, 0.6) is 0 Å². The van der Waals surface area contributed by atoms with Crippen molar-refractivity contribution in [2.45, 2.75) is 37.6 Å². The predicted molar refractivity (Wildman–Crippen MR) is 100 cm³/mol. The van der Waals surface area contributed by atoms with E-state index in [0.717, 1.165) is 12.8 Å². The van der Waals surface area contributed by atoms with Crippen molar-refractivity contribution >= 4 is 21.6 Å². The van der Waals surface area contributed by atoms with Gasteiger partial charge in [-0.25, -0.2) is 8.42 Å². The number of sulfonamides is 1. The minimum atomic E-state index is -3.73. The lowest BCUT2D eigenvalue weighted by Gasteiger charge is -2.20.